The molecule has 1 saturated carbocycles. The second-order valence-electron chi connectivity index (χ2n) is 5.45. The van der Waals surface area contributed by atoms with Crippen LogP contribution in [0.2, 0.25) is 0 Å². The van der Waals surface area contributed by atoms with Crippen molar-refractivity contribution in [2.75, 3.05) is 6.54 Å². The van der Waals surface area contributed by atoms with Gasteiger partial charge in [-0.1, -0.05) is 24.1 Å². The van der Waals surface area contributed by atoms with Gasteiger partial charge in [0.05, 0.1) is 5.41 Å². The van der Waals surface area contributed by atoms with Gasteiger partial charge < -0.3 is 15.0 Å². The lowest BCUT2D eigenvalue weighted by Gasteiger charge is -2.21. The molecule has 7 heteroatoms. The fourth-order valence-electron chi connectivity index (χ4n) is 2.79. The molecule has 5 nitrogen and oxygen atoms in total. The fourth-order valence-corrected chi connectivity index (χ4v) is 2.79. The molecule has 1 aromatic heterocycles. The van der Waals surface area contributed by atoms with Crippen molar-refractivity contribution in [3.8, 4) is 5.75 Å². The third-order valence-corrected chi connectivity index (χ3v) is 4.04. The monoisotopic (exact) mass is 327 g/mol. The number of halogens is 2. The lowest BCUT2D eigenvalue weighted by molar-refractivity contribution is 0.269. The fraction of sp³-hybridized carbons (Fsp3) is 0.467. The largest absolute Gasteiger partial charge is 0.485 e. The van der Waals surface area contributed by atoms with Gasteiger partial charge in [-0.3, -0.25) is 0 Å². The van der Waals surface area contributed by atoms with Crippen LogP contribution in [-0.4, -0.2) is 16.7 Å². The van der Waals surface area contributed by atoms with E-state index in [0.717, 1.165) is 25.7 Å². The summed E-state index contributed by atoms with van der Waals surface area (Å²) in [6.45, 7) is 0.660. The molecule has 3 rings (SSSR count). The molecule has 0 atom stereocenters. The van der Waals surface area contributed by atoms with E-state index in [1.54, 1.807) is 12.1 Å². The molecular weight excluding hydrogens is 309 g/mol. The van der Waals surface area contributed by atoms with Crippen LogP contribution in [0.4, 0.5) is 4.39 Å². The van der Waals surface area contributed by atoms with Crippen molar-refractivity contribution in [2.45, 2.75) is 37.7 Å². The van der Waals surface area contributed by atoms with Crippen LogP contribution < -0.4 is 10.5 Å². The van der Waals surface area contributed by atoms with Gasteiger partial charge in [-0.25, -0.2) is 4.39 Å². The number of aromatic nitrogens is 2. The molecule has 2 N–H and O–H groups in total. The molecule has 0 radical (unpaired) electrons. The maximum Gasteiger partial charge on any atom is 0.234 e. The van der Waals surface area contributed by atoms with E-state index in [1.165, 1.54) is 12.1 Å². The minimum absolute atomic E-state index is 0. The molecule has 120 valence electrons. The van der Waals surface area contributed by atoms with Crippen molar-refractivity contribution in [1.82, 2.24) is 10.1 Å². The minimum Gasteiger partial charge on any atom is -0.485 e. The number of rotatable bonds is 5. The van der Waals surface area contributed by atoms with E-state index in [1.807, 2.05) is 0 Å². The Balaban J connectivity index is 0.00000176. The zero-order chi connectivity index (χ0) is 14.7. The number of ether oxygens (including phenoxy) is 1. The van der Waals surface area contributed by atoms with Gasteiger partial charge >= 0.3 is 0 Å². The summed E-state index contributed by atoms with van der Waals surface area (Å²) in [5.41, 5.74) is 5.71. The van der Waals surface area contributed by atoms with Gasteiger partial charge in [0.25, 0.3) is 0 Å². The normalized spacial score (nSPS) is 16.3. The van der Waals surface area contributed by atoms with Gasteiger partial charge in [0.2, 0.25) is 11.7 Å². The summed E-state index contributed by atoms with van der Waals surface area (Å²) in [6.07, 6.45) is 4.23. The Morgan fingerprint density at radius 3 is 2.77 bits per heavy atom. The van der Waals surface area contributed by atoms with Crippen LogP contribution in [0.25, 0.3) is 0 Å². The van der Waals surface area contributed by atoms with E-state index in [9.17, 15) is 4.39 Å². The first-order valence-electron chi connectivity index (χ1n) is 7.13. The van der Waals surface area contributed by atoms with Crippen LogP contribution in [0, 0.1) is 5.82 Å². The maximum absolute atomic E-state index is 13.1. The van der Waals surface area contributed by atoms with Gasteiger partial charge in [-0.15, -0.1) is 12.4 Å². The molecule has 0 amide bonds. The summed E-state index contributed by atoms with van der Waals surface area (Å²) in [6, 6.07) is 5.96. The van der Waals surface area contributed by atoms with E-state index in [4.69, 9.17) is 15.0 Å². The van der Waals surface area contributed by atoms with Crippen LogP contribution in [0.15, 0.2) is 28.8 Å². The van der Waals surface area contributed by atoms with Crippen molar-refractivity contribution < 1.29 is 13.7 Å². The van der Waals surface area contributed by atoms with Gasteiger partial charge in [-0.2, -0.15) is 4.98 Å². The smallest absolute Gasteiger partial charge is 0.234 e. The summed E-state index contributed by atoms with van der Waals surface area (Å²) in [5, 5.41) is 3.93. The summed E-state index contributed by atoms with van der Waals surface area (Å²) < 4.78 is 23.9. The third kappa shape index (κ3) is 3.39. The Kier molecular flexibility index (Phi) is 5.37. The lowest BCUT2D eigenvalue weighted by Crippen LogP contribution is -2.32. The SMILES string of the molecule is Cl.NCC1(c2nc(COc3cccc(F)c3)no2)CCCC1. The van der Waals surface area contributed by atoms with Gasteiger partial charge in [0.1, 0.15) is 11.6 Å². The number of nitrogens with zero attached hydrogens (tertiary/aromatic N) is 2. The average Bonchev–Trinajstić information content (AvgIpc) is 3.15. The number of nitrogens with two attached hydrogens (primary N) is 1. The molecule has 1 aliphatic rings. The Morgan fingerprint density at radius 2 is 2.09 bits per heavy atom. The molecule has 1 aliphatic carbocycles. The van der Waals surface area contributed by atoms with Crippen LogP contribution in [0.5, 0.6) is 5.75 Å². The van der Waals surface area contributed by atoms with E-state index in [-0.39, 0.29) is 30.2 Å². The quantitative estimate of drug-likeness (QED) is 0.913. The number of benzene rings is 1. The Morgan fingerprint density at radius 1 is 1.32 bits per heavy atom. The van der Waals surface area contributed by atoms with Crippen LogP contribution >= 0.6 is 12.4 Å². The number of hydrogen-bond acceptors (Lipinski definition) is 5. The molecule has 0 saturated heterocycles. The lowest BCUT2D eigenvalue weighted by atomic mass is 9.86. The zero-order valence-electron chi connectivity index (χ0n) is 12.1. The highest BCUT2D eigenvalue weighted by Crippen LogP contribution is 2.39. The molecule has 1 fully saturated rings. The second-order valence-corrected chi connectivity index (χ2v) is 5.45. The highest BCUT2D eigenvalue weighted by atomic mass is 35.5. The molecule has 0 unspecified atom stereocenters. The van der Waals surface area contributed by atoms with E-state index < -0.39 is 0 Å². The van der Waals surface area contributed by atoms with Crippen molar-refractivity contribution >= 4 is 12.4 Å². The van der Waals surface area contributed by atoms with E-state index in [2.05, 4.69) is 10.1 Å². The summed E-state index contributed by atoms with van der Waals surface area (Å²) >= 11 is 0. The minimum atomic E-state index is -0.339. The summed E-state index contributed by atoms with van der Waals surface area (Å²) in [4.78, 5) is 4.40. The molecule has 22 heavy (non-hydrogen) atoms. The standard InChI is InChI=1S/C15H18FN3O2.ClH/c16-11-4-3-5-12(8-11)20-9-13-18-14(21-19-13)15(10-17)6-1-2-7-15;/h3-5,8H,1-2,6-7,9-10,17H2;1H. The van der Waals surface area contributed by atoms with Crippen molar-refractivity contribution in [3.63, 3.8) is 0 Å². The first-order valence-corrected chi connectivity index (χ1v) is 7.13. The molecule has 0 bridgehead atoms. The van der Waals surface area contributed by atoms with Crippen LogP contribution in [0.1, 0.15) is 37.4 Å². The third-order valence-electron chi connectivity index (χ3n) is 4.04. The average molecular weight is 328 g/mol. The Bertz CT molecular complexity index is 614. The predicted molar refractivity (Wildman–Crippen MR) is 81.5 cm³/mol. The van der Waals surface area contributed by atoms with Gasteiger partial charge in [0, 0.05) is 12.6 Å². The molecule has 2 aromatic rings. The molecular formula is C15H19ClFN3O2. The summed E-state index contributed by atoms with van der Waals surface area (Å²) in [5.74, 6) is 1.15. The van der Waals surface area contributed by atoms with Crippen molar-refractivity contribution in [1.29, 1.82) is 0 Å². The first-order chi connectivity index (χ1) is 10.2. The van der Waals surface area contributed by atoms with Crippen LogP contribution in [0.3, 0.4) is 0 Å². The zero-order valence-corrected chi connectivity index (χ0v) is 12.9. The highest BCUT2D eigenvalue weighted by molar-refractivity contribution is 5.85. The topological polar surface area (TPSA) is 74.2 Å². The molecule has 0 spiro atoms. The Labute approximate surface area is 134 Å². The molecule has 1 aromatic carbocycles. The second kappa shape index (κ2) is 7.07. The molecule has 1 heterocycles. The first kappa shape index (κ1) is 16.7. The van der Waals surface area contributed by atoms with Crippen LogP contribution in [-0.2, 0) is 12.0 Å². The Hall–Kier alpha value is -1.66. The van der Waals surface area contributed by atoms with Gasteiger partial charge in [-0.05, 0) is 25.0 Å². The van der Waals surface area contributed by atoms with Gasteiger partial charge in [0.15, 0.2) is 6.61 Å². The van der Waals surface area contributed by atoms with E-state index >= 15 is 0 Å². The molecule has 0 aliphatic heterocycles. The highest BCUT2D eigenvalue weighted by Gasteiger charge is 2.39. The number of hydrogen-bond donors (Lipinski definition) is 1. The maximum atomic E-state index is 13.1. The van der Waals surface area contributed by atoms with E-state index in [0.29, 0.717) is 24.0 Å². The summed E-state index contributed by atoms with van der Waals surface area (Å²) in [7, 11) is 0. The van der Waals surface area contributed by atoms with Crippen molar-refractivity contribution in [3.05, 3.63) is 41.8 Å². The predicted octanol–water partition coefficient (Wildman–Crippen LogP) is 2.98. The van der Waals surface area contributed by atoms with Crippen molar-refractivity contribution in [2.24, 2.45) is 5.73 Å².